The smallest absolute Gasteiger partial charge is 0.188 e. The molecule has 3 rings (SSSR count). The van der Waals surface area contributed by atoms with Gasteiger partial charge in [-0.05, 0) is 41.6 Å². The van der Waals surface area contributed by atoms with E-state index in [2.05, 4.69) is 0 Å². The molecule has 106 valence electrons. The van der Waals surface area contributed by atoms with Crippen LogP contribution in [0.5, 0.6) is 0 Å². The number of halogens is 2. The summed E-state index contributed by atoms with van der Waals surface area (Å²) in [5.74, 6) is 0.191. The molecule has 20 heavy (non-hydrogen) atoms. The molecule has 1 aliphatic rings. The highest BCUT2D eigenvalue weighted by molar-refractivity contribution is 8.00. The number of sulfone groups is 1. The fraction of sp³-hybridized carbons (Fsp3) is 0.231. The Balaban J connectivity index is 1.96. The molecule has 0 fully saturated rings. The summed E-state index contributed by atoms with van der Waals surface area (Å²) in [4.78, 5) is 0.889. The van der Waals surface area contributed by atoms with Gasteiger partial charge in [0.2, 0.25) is 0 Å². The molecule has 1 aromatic carbocycles. The molecule has 1 atom stereocenters. The third-order valence-corrected chi connectivity index (χ3v) is 8.49. The molecule has 0 bridgehead atoms. The lowest BCUT2D eigenvalue weighted by molar-refractivity contribution is 0.588. The van der Waals surface area contributed by atoms with Crippen LogP contribution in [0.4, 0.5) is 0 Å². The van der Waals surface area contributed by atoms with Crippen molar-refractivity contribution >= 4 is 56.1 Å². The van der Waals surface area contributed by atoms with Crippen LogP contribution in [-0.4, -0.2) is 14.2 Å². The Morgan fingerprint density at radius 1 is 1.25 bits per heavy atom. The fourth-order valence-electron chi connectivity index (χ4n) is 2.15. The summed E-state index contributed by atoms with van der Waals surface area (Å²) < 4.78 is 24.5. The molecule has 0 saturated carbocycles. The maximum Gasteiger partial charge on any atom is 0.188 e. The minimum Gasteiger partial charge on any atom is -0.223 e. The second-order valence-electron chi connectivity index (χ2n) is 4.45. The quantitative estimate of drug-likeness (QED) is 0.746. The molecule has 1 unspecified atom stereocenters. The van der Waals surface area contributed by atoms with Crippen LogP contribution in [0.1, 0.15) is 17.2 Å². The van der Waals surface area contributed by atoms with E-state index < -0.39 is 9.84 Å². The summed E-state index contributed by atoms with van der Waals surface area (Å²) in [7, 11) is -3.10. The first-order chi connectivity index (χ1) is 9.47. The van der Waals surface area contributed by atoms with E-state index in [1.54, 1.807) is 23.9 Å². The van der Waals surface area contributed by atoms with Gasteiger partial charge in [-0.3, -0.25) is 0 Å². The Morgan fingerprint density at radius 3 is 2.85 bits per heavy atom. The Kier molecular flexibility index (Phi) is 4.08. The zero-order chi connectivity index (χ0) is 14.3. The lowest BCUT2D eigenvalue weighted by Gasteiger charge is -2.22. The van der Waals surface area contributed by atoms with Gasteiger partial charge in [-0.25, -0.2) is 8.42 Å². The molecule has 0 aliphatic carbocycles. The Hall–Kier alpha value is -0.200. The number of thiophene rings is 1. The Labute approximate surface area is 136 Å². The minimum absolute atomic E-state index is 0.107. The summed E-state index contributed by atoms with van der Waals surface area (Å²) in [5, 5.41) is 3.21. The molecule has 0 saturated heterocycles. The van der Waals surface area contributed by atoms with Crippen molar-refractivity contribution < 1.29 is 8.42 Å². The number of benzene rings is 1. The highest BCUT2D eigenvalue weighted by Crippen LogP contribution is 2.47. The molecular formula is C13H10Cl2O2S3. The van der Waals surface area contributed by atoms with Gasteiger partial charge < -0.3 is 0 Å². The van der Waals surface area contributed by atoms with Crippen molar-refractivity contribution in [2.24, 2.45) is 0 Å². The standard InChI is InChI=1S/C13H10Cl2O2S3/c14-8-1-2-10(15)12(7-8)19-11-4-6-20(16,17)13-9(11)3-5-18-13/h1-3,5,7,11H,4,6H2. The summed E-state index contributed by atoms with van der Waals surface area (Å²) >= 11 is 15.0. The second kappa shape index (κ2) is 5.54. The summed E-state index contributed by atoms with van der Waals surface area (Å²) in [6, 6.07) is 7.23. The highest BCUT2D eigenvalue weighted by atomic mass is 35.5. The van der Waals surface area contributed by atoms with E-state index in [1.165, 1.54) is 11.3 Å². The first-order valence-electron chi connectivity index (χ1n) is 5.89. The van der Waals surface area contributed by atoms with Gasteiger partial charge in [0.25, 0.3) is 0 Å². The predicted molar refractivity (Wildman–Crippen MR) is 86.0 cm³/mol. The lowest BCUT2D eigenvalue weighted by Crippen LogP contribution is -2.16. The van der Waals surface area contributed by atoms with E-state index >= 15 is 0 Å². The molecule has 2 aromatic rings. The van der Waals surface area contributed by atoms with Gasteiger partial charge in [0.15, 0.2) is 9.84 Å². The molecule has 1 aliphatic heterocycles. The molecular weight excluding hydrogens is 355 g/mol. The number of thioether (sulfide) groups is 1. The van der Waals surface area contributed by atoms with Crippen molar-refractivity contribution in [3.63, 3.8) is 0 Å². The van der Waals surface area contributed by atoms with Crippen molar-refractivity contribution in [1.29, 1.82) is 0 Å². The van der Waals surface area contributed by atoms with Gasteiger partial charge in [0, 0.05) is 15.2 Å². The van der Waals surface area contributed by atoms with E-state index in [-0.39, 0.29) is 11.0 Å². The van der Waals surface area contributed by atoms with Gasteiger partial charge in [-0.1, -0.05) is 23.2 Å². The second-order valence-corrected chi connectivity index (χ2v) is 9.76. The van der Waals surface area contributed by atoms with Gasteiger partial charge >= 0.3 is 0 Å². The SMILES string of the molecule is O=S1(=O)CCC(Sc2cc(Cl)ccc2Cl)c2ccsc21. The topological polar surface area (TPSA) is 34.1 Å². The fourth-order valence-corrected chi connectivity index (χ4v) is 7.17. The minimum atomic E-state index is -3.10. The summed E-state index contributed by atoms with van der Waals surface area (Å²) in [6.45, 7) is 0. The van der Waals surface area contributed by atoms with E-state index in [0.29, 0.717) is 20.7 Å². The number of hydrogen-bond acceptors (Lipinski definition) is 4. The van der Waals surface area contributed by atoms with Crippen LogP contribution >= 0.6 is 46.3 Å². The van der Waals surface area contributed by atoms with Crippen molar-refractivity contribution in [2.75, 3.05) is 5.75 Å². The van der Waals surface area contributed by atoms with E-state index in [4.69, 9.17) is 23.2 Å². The van der Waals surface area contributed by atoms with Crippen LogP contribution in [0.25, 0.3) is 0 Å². The number of hydrogen-bond donors (Lipinski definition) is 0. The molecule has 2 nitrogen and oxygen atoms in total. The number of fused-ring (bicyclic) bond motifs is 1. The van der Waals surface area contributed by atoms with Crippen LogP contribution < -0.4 is 0 Å². The predicted octanol–water partition coefficient (Wildman–Crippen LogP) is 5.07. The van der Waals surface area contributed by atoms with Gasteiger partial charge in [-0.15, -0.1) is 23.1 Å². The maximum absolute atomic E-state index is 12.0. The van der Waals surface area contributed by atoms with Crippen molar-refractivity contribution in [3.05, 3.63) is 45.3 Å². The van der Waals surface area contributed by atoms with Crippen molar-refractivity contribution in [1.82, 2.24) is 0 Å². The largest absolute Gasteiger partial charge is 0.223 e. The third kappa shape index (κ3) is 2.74. The van der Waals surface area contributed by atoms with E-state index in [9.17, 15) is 8.42 Å². The van der Waals surface area contributed by atoms with Crippen molar-refractivity contribution in [3.8, 4) is 0 Å². The van der Waals surface area contributed by atoms with Crippen LogP contribution in [0.2, 0.25) is 10.0 Å². The summed E-state index contributed by atoms with van der Waals surface area (Å²) in [6.07, 6.45) is 0.597. The third-order valence-electron chi connectivity index (χ3n) is 3.10. The van der Waals surface area contributed by atoms with Gasteiger partial charge in [0.05, 0.1) is 10.8 Å². The van der Waals surface area contributed by atoms with Crippen LogP contribution in [0, 0.1) is 0 Å². The lowest BCUT2D eigenvalue weighted by atomic mass is 10.2. The number of rotatable bonds is 2. The molecule has 0 amide bonds. The molecule has 0 radical (unpaired) electrons. The summed E-state index contributed by atoms with van der Waals surface area (Å²) in [5.41, 5.74) is 0.891. The average Bonchev–Trinajstić information content (AvgIpc) is 2.88. The van der Waals surface area contributed by atoms with Gasteiger partial charge in [0.1, 0.15) is 4.21 Å². The first-order valence-corrected chi connectivity index (χ1v) is 10.1. The average molecular weight is 365 g/mol. The molecule has 1 aromatic heterocycles. The zero-order valence-electron chi connectivity index (χ0n) is 10.2. The molecule has 0 spiro atoms. The van der Waals surface area contributed by atoms with Crippen LogP contribution in [-0.2, 0) is 9.84 Å². The molecule has 0 N–H and O–H groups in total. The van der Waals surface area contributed by atoms with E-state index in [1.807, 2.05) is 17.5 Å². The monoisotopic (exact) mass is 364 g/mol. The van der Waals surface area contributed by atoms with Crippen LogP contribution in [0.3, 0.4) is 0 Å². The van der Waals surface area contributed by atoms with Crippen molar-refractivity contribution in [2.45, 2.75) is 20.8 Å². The highest BCUT2D eigenvalue weighted by Gasteiger charge is 2.32. The zero-order valence-corrected chi connectivity index (χ0v) is 14.1. The van der Waals surface area contributed by atoms with E-state index in [0.717, 1.165) is 10.5 Å². The maximum atomic E-state index is 12.0. The molecule has 2 heterocycles. The normalized spacial score (nSPS) is 20.6. The van der Waals surface area contributed by atoms with Crippen LogP contribution in [0.15, 0.2) is 38.8 Å². The van der Waals surface area contributed by atoms with Gasteiger partial charge in [-0.2, -0.15) is 0 Å². The molecule has 7 heteroatoms. The Morgan fingerprint density at radius 2 is 2.05 bits per heavy atom. The Bertz CT molecular complexity index is 753. The first kappa shape index (κ1) is 14.7.